The topological polar surface area (TPSA) is 62.2 Å². The molecule has 0 aliphatic heterocycles. The summed E-state index contributed by atoms with van der Waals surface area (Å²) < 4.78 is 0. The van der Waals surface area contributed by atoms with E-state index in [4.69, 9.17) is 0 Å². The van der Waals surface area contributed by atoms with Gasteiger partial charge < -0.3 is 10.4 Å². The molecule has 0 saturated heterocycles. The second kappa shape index (κ2) is 4.78. The van der Waals surface area contributed by atoms with Crippen LogP contribution in [0, 0.1) is 5.41 Å². The van der Waals surface area contributed by atoms with Gasteiger partial charge in [0.25, 0.3) is 0 Å². The second-order valence-electron chi connectivity index (χ2n) is 5.58. The molecule has 1 saturated carbocycles. The number of hydrogen-bond donors (Lipinski definition) is 2. The van der Waals surface area contributed by atoms with Crippen molar-refractivity contribution in [3.05, 3.63) is 35.9 Å². The van der Waals surface area contributed by atoms with Gasteiger partial charge in [-0.1, -0.05) is 25.1 Å². The molecule has 2 aromatic rings. The first-order chi connectivity index (χ1) is 9.63. The zero-order chi connectivity index (χ0) is 14.2. The van der Waals surface area contributed by atoms with Crippen LogP contribution in [0.25, 0.3) is 10.9 Å². The van der Waals surface area contributed by atoms with Crippen molar-refractivity contribution in [1.29, 1.82) is 0 Å². The summed E-state index contributed by atoms with van der Waals surface area (Å²) in [6.45, 7) is 3.07. The third kappa shape index (κ3) is 2.33. The summed E-state index contributed by atoms with van der Waals surface area (Å²) >= 11 is 0. The molecule has 0 unspecified atom stereocenters. The molecule has 3 rings (SSSR count). The van der Waals surface area contributed by atoms with Crippen LogP contribution in [0.1, 0.15) is 36.5 Å². The molecule has 0 atom stereocenters. The fourth-order valence-corrected chi connectivity index (χ4v) is 2.55. The Morgan fingerprint density at radius 1 is 1.40 bits per heavy atom. The van der Waals surface area contributed by atoms with E-state index in [0.717, 1.165) is 18.5 Å². The second-order valence-corrected chi connectivity index (χ2v) is 5.58. The average molecular weight is 270 g/mol. The van der Waals surface area contributed by atoms with E-state index in [0.29, 0.717) is 22.2 Å². The summed E-state index contributed by atoms with van der Waals surface area (Å²) in [6, 6.07) is 8.99. The van der Waals surface area contributed by atoms with Crippen LogP contribution in [-0.4, -0.2) is 22.6 Å². The predicted molar refractivity (Wildman–Crippen MR) is 79.2 cm³/mol. The number of carboxylic acid groups (broad SMARTS) is 1. The van der Waals surface area contributed by atoms with Crippen LogP contribution in [0.4, 0.5) is 5.82 Å². The van der Waals surface area contributed by atoms with Crippen molar-refractivity contribution in [3.8, 4) is 0 Å². The molecule has 1 aliphatic rings. The Morgan fingerprint density at radius 3 is 2.80 bits per heavy atom. The van der Waals surface area contributed by atoms with Crippen LogP contribution in [0.2, 0.25) is 0 Å². The van der Waals surface area contributed by atoms with Gasteiger partial charge in [-0.05, 0) is 36.8 Å². The summed E-state index contributed by atoms with van der Waals surface area (Å²) in [5.41, 5.74) is 1.42. The Bertz CT molecular complexity index is 663. The number of anilines is 1. The summed E-state index contributed by atoms with van der Waals surface area (Å²) in [6.07, 6.45) is 3.64. The smallest absolute Gasteiger partial charge is 0.336 e. The van der Waals surface area contributed by atoms with E-state index in [1.54, 1.807) is 12.1 Å². The van der Waals surface area contributed by atoms with Crippen LogP contribution in [0.15, 0.2) is 30.3 Å². The number of hydrogen-bond acceptors (Lipinski definition) is 3. The highest BCUT2D eigenvalue weighted by molar-refractivity contribution is 6.03. The molecule has 4 heteroatoms. The molecule has 1 heterocycles. The van der Waals surface area contributed by atoms with Gasteiger partial charge in [-0.25, -0.2) is 9.78 Å². The number of benzene rings is 1. The average Bonchev–Trinajstić information content (AvgIpc) is 3.25. The van der Waals surface area contributed by atoms with Crippen LogP contribution >= 0.6 is 0 Å². The van der Waals surface area contributed by atoms with Crippen LogP contribution < -0.4 is 5.32 Å². The first kappa shape index (κ1) is 12.9. The Labute approximate surface area is 117 Å². The van der Waals surface area contributed by atoms with Crippen molar-refractivity contribution in [2.24, 2.45) is 5.41 Å². The van der Waals surface area contributed by atoms with Crippen molar-refractivity contribution in [2.45, 2.75) is 26.2 Å². The standard InChI is InChI=1S/C16H18N2O2/c1-2-16(7-8-16)10-17-14-9-12(15(19)20)11-5-3-4-6-13(11)18-14/h3-6,9H,2,7-8,10H2,1H3,(H,17,18)(H,19,20). The highest BCUT2D eigenvalue weighted by Crippen LogP contribution is 2.48. The minimum atomic E-state index is -0.914. The fourth-order valence-electron chi connectivity index (χ4n) is 2.55. The number of para-hydroxylation sites is 1. The highest BCUT2D eigenvalue weighted by Gasteiger charge is 2.40. The number of nitrogens with one attached hydrogen (secondary N) is 1. The lowest BCUT2D eigenvalue weighted by Crippen LogP contribution is -2.15. The van der Waals surface area contributed by atoms with Crippen LogP contribution in [0.5, 0.6) is 0 Å². The molecule has 0 radical (unpaired) electrons. The van der Waals surface area contributed by atoms with Gasteiger partial charge in [0.15, 0.2) is 0 Å². The van der Waals surface area contributed by atoms with E-state index in [1.165, 1.54) is 12.8 Å². The fraction of sp³-hybridized carbons (Fsp3) is 0.375. The zero-order valence-corrected chi connectivity index (χ0v) is 11.5. The SMILES string of the molecule is CCC1(CNc2cc(C(=O)O)c3ccccc3n2)CC1. The van der Waals surface area contributed by atoms with Crippen molar-refractivity contribution < 1.29 is 9.90 Å². The lowest BCUT2D eigenvalue weighted by molar-refractivity contribution is 0.0699. The van der Waals surface area contributed by atoms with E-state index in [1.807, 2.05) is 18.2 Å². The van der Waals surface area contributed by atoms with Crippen molar-refractivity contribution in [2.75, 3.05) is 11.9 Å². The molecule has 2 N–H and O–H groups in total. The third-order valence-electron chi connectivity index (χ3n) is 4.30. The van der Waals surface area contributed by atoms with Gasteiger partial charge in [0.2, 0.25) is 0 Å². The number of pyridine rings is 1. The highest BCUT2D eigenvalue weighted by atomic mass is 16.4. The monoisotopic (exact) mass is 270 g/mol. The largest absolute Gasteiger partial charge is 0.478 e. The number of aromatic carboxylic acids is 1. The Morgan fingerprint density at radius 2 is 2.15 bits per heavy atom. The first-order valence-corrected chi connectivity index (χ1v) is 7.00. The quantitative estimate of drug-likeness (QED) is 0.872. The van der Waals surface area contributed by atoms with Crippen LogP contribution in [-0.2, 0) is 0 Å². The van der Waals surface area contributed by atoms with Gasteiger partial charge >= 0.3 is 5.97 Å². The maximum Gasteiger partial charge on any atom is 0.336 e. The molecule has 4 nitrogen and oxygen atoms in total. The Hall–Kier alpha value is -2.10. The summed E-state index contributed by atoms with van der Waals surface area (Å²) in [5, 5.41) is 13.3. The lowest BCUT2D eigenvalue weighted by atomic mass is 10.0. The van der Waals surface area contributed by atoms with Gasteiger partial charge in [-0.15, -0.1) is 0 Å². The molecule has 1 aromatic carbocycles. The molecular formula is C16H18N2O2. The van der Waals surface area contributed by atoms with Crippen molar-refractivity contribution in [3.63, 3.8) is 0 Å². The van der Waals surface area contributed by atoms with Gasteiger partial charge in [0, 0.05) is 11.9 Å². The van der Waals surface area contributed by atoms with E-state index in [2.05, 4.69) is 17.2 Å². The van der Waals surface area contributed by atoms with Gasteiger partial charge in [-0.3, -0.25) is 0 Å². The first-order valence-electron chi connectivity index (χ1n) is 7.00. The molecule has 104 valence electrons. The molecule has 20 heavy (non-hydrogen) atoms. The van der Waals surface area contributed by atoms with E-state index < -0.39 is 5.97 Å². The number of carbonyl (C=O) groups is 1. The summed E-state index contributed by atoms with van der Waals surface area (Å²) in [5.74, 6) is -0.260. The minimum Gasteiger partial charge on any atom is -0.478 e. The molecule has 1 fully saturated rings. The van der Waals surface area contributed by atoms with Crippen molar-refractivity contribution in [1.82, 2.24) is 4.98 Å². The Kier molecular flexibility index (Phi) is 3.08. The Balaban J connectivity index is 1.93. The summed E-state index contributed by atoms with van der Waals surface area (Å²) in [7, 11) is 0. The molecular weight excluding hydrogens is 252 g/mol. The summed E-state index contributed by atoms with van der Waals surface area (Å²) in [4.78, 5) is 15.9. The molecule has 0 bridgehead atoms. The molecule has 1 aromatic heterocycles. The number of nitrogens with zero attached hydrogens (tertiary/aromatic N) is 1. The number of fused-ring (bicyclic) bond motifs is 1. The van der Waals surface area contributed by atoms with Gasteiger partial charge in [0.05, 0.1) is 11.1 Å². The normalized spacial score (nSPS) is 16.1. The minimum absolute atomic E-state index is 0.305. The number of rotatable bonds is 5. The van der Waals surface area contributed by atoms with E-state index in [-0.39, 0.29) is 0 Å². The maximum absolute atomic E-state index is 11.4. The van der Waals surface area contributed by atoms with Gasteiger partial charge in [0.1, 0.15) is 5.82 Å². The molecule has 0 spiro atoms. The van der Waals surface area contributed by atoms with Gasteiger partial charge in [-0.2, -0.15) is 0 Å². The molecule has 1 aliphatic carbocycles. The lowest BCUT2D eigenvalue weighted by Gasteiger charge is -2.15. The number of carboxylic acids is 1. The molecule has 0 amide bonds. The van der Waals surface area contributed by atoms with Crippen molar-refractivity contribution >= 4 is 22.7 Å². The predicted octanol–water partition coefficient (Wildman–Crippen LogP) is 3.54. The van der Waals surface area contributed by atoms with E-state index in [9.17, 15) is 9.90 Å². The van der Waals surface area contributed by atoms with E-state index >= 15 is 0 Å². The van der Waals surface area contributed by atoms with Crippen LogP contribution in [0.3, 0.4) is 0 Å². The third-order valence-corrected chi connectivity index (χ3v) is 4.30. The maximum atomic E-state index is 11.4. The number of aromatic nitrogens is 1. The zero-order valence-electron chi connectivity index (χ0n) is 11.5.